The molecule has 3 heterocycles. The van der Waals surface area contributed by atoms with Gasteiger partial charge < -0.3 is 39.0 Å². The Labute approximate surface area is 370 Å². The van der Waals surface area contributed by atoms with E-state index in [1.54, 1.807) is 32.9 Å². The lowest BCUT2D eigenvalue weighted by Crippen LogP contribution is -2.51. The van der Waals surface area contributed by atoms with Crippen molar-refractivity contribution in [2.75, 3.05) is 14.2 Å². The van der Waals surface area contributed by atoms with E-state index in [0.29, 0.717) is 18.4 Å². The molecule has 350 valence electrons. The summed E-state index contributed by atoms with van der Waals surface area (Å²) in [6.45, 7) is 16.7. The molecule has 0 saturated carbocycles. The second kappa shape index (κ2) is 22.2. The minimum Gasteiger partial charge on any atom is -0.490 e. The number of benzene rings is 1. The van der Waals surface area contributed by atoms with E-state index in [2.05, 4.69) is 10.2 Å². The van der Waals surface area contributed by atoms with Gasteiger partial charge in [0.25, 0.3) is 0 Å². The Bertz CT molecular complexity index is 1890. The fourth-order valence-electron chi connectivity index (χ4n) is 8.79. The van der Waals surface area contributed by atoms with Crippen molar-refractivity contribution in [3.8, 4) is 0 Å². The van der Waals surface area contributed by atoms with Crippen molar-refractivity contribution < 1.29 is 61.8 Å². The molecule has 0 aliphatic carbocycles. The first-order chi connectivity index (χ1) is 29.6. The largest absolute Gasteiger partial charge is 0.490 e. The highest BCUT2D eigenvalue weighted by atomic mass is 19.4. The van der Waals surface area contributed by atoms with Gasteiger partial charge in [0.2, 0.25) is 5.76 Å². The molecule has 3 N–H and O–H groups in total. The predicted molar refractivity (Wildman–Crippen MR) is 231 cm³/mol. The smallest absolute Gasteiger partial charge is 0.442 e. The average Bonchev–Trinajstić information content (AvgIpc) is 4.07. The second-order valence-electron chi connectivity index (χ2n) is 17.5. The molecule has 1 aromatic rings. The van der Waals surface area contributed by atoms with E-state index >= 15 is 0 Å². The Hall–Kier alpha value is -4.15. The molecule has 1 fully saturated rings. The summed E-state index contributed by atoms with van der Waals surface area (Å²) in [5.74, 6) is -4.28. The number of ether oxygens (including phenoxy) is 5. The van der Waals surface area contributed by atoms with Crippen LogP contribution in [-0.2, 0) is 34.1 Å². The SMILES string of the molecule is C/C=C/[C@H]1O[C@@H]([C@@H](C)[C@H](O)[C@H](C)[C@H]2OC(=O)/C(OC)=C/C(C)=C/[C@@H](C)[C@@H](O)[C@@H](CC)[C@@H](O)[C@H](C)C/C(C)=C/C=C/[C@@H]2OC)C[C@@H](O[14C](=O)c2ccc(C3(C(F)(F)F)N=N3)cc2)[C@@H]1C. The number of cyclic esters (lactones) is 1. The number of carbonyl (C=O) groups is 2. The van der Waals surface area contributed by atoms with E-state index < -0.39 is 84.4 Å². The third-order valence-electron chi connectivity index (χ3n) is 12.9. The minimum absolute atomic E-state index is 0.0485. The third-order valence-corrected chi connectivity index (χ3v) is 12.9. The Morgan fingerprint density at radius 2 is 1.70 bits per heavy atom. The molecule has 1 aromatic carbocycles. The molecule has 0 amide bonds. The number of carbonyl (C=O) groups excluding carboxylic acids is 2. The molecular weight excluding hydrogens is 824 g/mol. The first-order valence-electron chi connectivity index (χ1n) is 21.8. The van der Waals surface area contributed by atoms with Crippen LogP contribution in [0, 0.1) is 35.5 Å². The van der Waals surface area contributed by atoms with Crippen molar-refractivity contribution in [2.24, 2.45) is 45.7 Å². The summed E-state index contributed by atoms with van der Waals surface area (Å²) in [6, 6.07) is 4.83. The zero-order valence-corrected chi connectivity index (χ0v) is 38.3. The van der Waals surface area contributed by atoms with Crippen LogP contribution in [0.4, 0.5) is 13.2 Å². The van der Waals surface area contributed by atoms with Gasteiger partial charge in [-0.2, -0.15) is 13.2 Å². The van der Waals surface area contributed by atoms with Gasteiger partial charge in [-0.05, 0) is 57.7 Å². The van der Waals surface area contributed by atoms with E-state index in [-0.39, 0.29) is 47.0 Å². The van der Waals surface area contributed by atoms with Crippen LogP contribution >= 0.6 is 0 Å². The maximum atomic E-state index is 13.9. The lowest BCUT2D eigenvalue weighted by molar-refractivity contribution is -0.171. The highest BCUT2D eigenvalue weighted by molar-refractivity contribution is 5.89. The van der Waals surface area contributed by atoms with E-state index in [0.717, 1.165) is 17.7 Å². The first kappa shape index (κ1) is 51.5. The monoisotopic (exact) mass is 890 g/mol. The number of esters is 2. The molecule has 0 spiro atoms. The van der Waals surface area contributed by atoms with Crippen LogP contribution in [0.2, 0.25) is 0 Å². The maximum absolute atomic E-state index is 13.9. The Morgan fingerprint density at radius 1 is 1.05 bits per heavy atom. The number of aliphatic hydroxyl groups is 3. The van der Waals surface area contributed by atoms with Gasteiger partial charge in [0, 0.05) is 48.7 Å². The standard InChI is InChI=1S/C48H67F3N2O10/c1-12-15-36-30(7)38(62-45(57)33-18-20-34(21-19-33)47(52-53-47)48(49,50)51)25-39(61-36)31(8)43(56)32(9)44-37(59-10)17-14-16-26(3)22-28(5)41(54)35(13-2)42(55)29(6)23-27(4)24-40(60-11)46(58)63-44/h12,14-21,23-24,28-32,35-39,41-44,54-56H,13,22,25H2,1-11H3/b15-12+,17-14+,26-16+,27-23+,40-24-/t28-,29-,30-,31-,32+,35+,36-,37+,38-,39-,41+,42-,43+,44-/m1/s1/i45+2. The van der Waals surface area contributed by atoms with E-state index in [1.165, 1.54) is 32.4 Å². The Balaban J connectivity index is 1.62. The molecule has 12 nitrogen and oxygen atoms in total. The van der Waals surface area contributed by atoms with Crippen LogP contribution in [0.15, 0.2) is 93.9 Å². The van der Waals surface area contributed by atoms with Gasteiger partial charge in [0.05, 0.1) is 43.2 Å². The van der Waals surface area contributed by atoms with Crippen molar-refractivity contribution in [1.29, 1.82) is 0 Å². The number of rotatable bonds is 11. The average molecular weight is 891 g/mol. The fourth-order valence-corrected chi connectivity index (χ4v) is 8.79. The summed E-state index contributed by atoms with van der Waals surface area (Å²) >= 11 is 0. The number of alkyl halides is 3. The number of hydrogen-bond donors (Lipinski definition) is 3. The number of nitrogens with zero attached hydrogens (tertiary/aromatic N) is 2. The lowest BCUT2D eigenvalue weighted by atomic mass is 9.79. The topological polar surface area (TPSA) is 166 Å². The maximum Gasteiger partial charge on any atom is 0.442 e. The third kappa shape index (κ3) is 12.4. The summed E-state index contributed by atoms with van der Waals surface area (Å²) in [7, 11) is 2.82. The minimum atomic E-state index is -4.71. The van der Waals surface area contributed by atoms with Gasteiger partial charge in [-0.1, -0.05) is 101 Å². The quantitative estimate of drug-likeness (QED) is 0.145. The molecule has 0 radical (unpaired) electrons. The highest BCUT2D eigenvalue weighted by Crippen LogP contribution is 2.52. The summed E-state index contributed by atoms with van der Waals surface area (Å²) in [5.41, 5.74) is -1.18. The summed E-state index contributed by atoms with van der Waals surface area (Å²) in [4.78, 5) is 27.4. The van der Waals surface area contributed by atoms with Crippen LogP contribution < -0.4 is 0 Å². The van der Waals surface area contributed by atoms with Crippen LogP contribution in [0.1, 0.15) is 97.5 Å². The van der Waals surface area contributed by atoms with E-state index in [9.17, 15) is 38.1 Å². The van der Waals surface area contributed by atoms with Crippen LogP contribution in [-0.4, -0.2) is 96.5 Å². The van der Waals surface area contributed by atoms with Crippen molar-refractivity contribution in [3.05, 3.63) is 94.8 Å². The number of aliphatic hydroxyl groups excluding tert-OH is 3. The second-order valence-corrected chi connectivity index (χ2v) is 17.5. The van der Waals surface area contributed by atoms with Gasteiger partial charge in [-0.15, -0.1) is 10.2 Å². The molecule has 14 atom stereocenters. The van der Waals surface area contributed by atoms with Crippen molar-refractivity contribution in [1.82, 2.24) is 0 Å². The number of methoxy groups -OCH3 is 2. The fraction of sp³-hybridized carbons (Fsp3) is 0.625. The van der Waals surface area contributed by atoms with Gasteiger partial charge in [-0.25, -0.2) is 9.59 Å². The summed E-state index contributed by atoms with van der Waals surface area (Å²) in [5, 5.41) is 41.3. The van der Waals surface area contributed by atoms with Crippen molar-refractivity contribution in [3.63, 3.8) is 0 Å². The van der Waals surface area contributed by atoms with Gasteiger partial charge >= 0.3 is 23.8 Å². The molecular formula is C48H67F3N2O10. The summed E-state index contributed by atoms with van der Waals surface area (Å²) < 4.78 is 70.8. The van der Waals surface area contributed by atoms with Gasteiger partial charge in [0.1, 0.15) is 18.3 Å². The number of halogens is 3. The molecule has 63 heavy (non-hydrogen) atoms. The molecule has 0 bridgehead atoms. The van der Waals surface area contributed by atoms with Crippen molar-refractivity contribution >= 4 is 11.9 Å². The number of hydrogen-bond acceptors (Lipinski definition) is 12. The van der Waals surface area contributed by atoms with Crippen LogP contribution in [0.5, 0.6) is 0 Å². The molecule has 0 aromatic heterocycles. The highest BCUT2D eigenvalue weighted by Gasteiger charge is 2.65. The molecule has 15 heteroatoms. The zero-order valence-electron chi connectivity index (χ0n) is 38.3. The normalized spacial score (nSPS) is 35.5. The summed E-state index contributed by atoms with van der Waals surface area (Å²) in [6.07, 6.45) is 2.43. The van der Waals surface area contributed by atoms with Gasteiger partial charge in [-0.3, -0.25) is 0 Å². The van der Waals surface area contributed by atoms with Crippen molar-refractivity contribution in [2.45, 2.75) is 142 Å². The zero-order chi connectivity index (χ0) is 47.0. The molecule has 3 aliphatic heterocycles. The Morgan fingerprint density at radius 3 is 2.25 bits per heavy atom. The lowest BCUT2D eigenvalue weighted by Gasteiger charge is -2.43. The molecule has 1 saturated heterocycles. The van der Waals surface area contributed by atoms with E-state index in [4.69, 9.17) is 23.7 Å². The Kier molecular flexibility index (Phi) is 18.1. The molecule has 4 rings (SSSR count). The van der Waals surface area contributed by atoms with E-state index in [1.807, 2.05) is 65.8 Å². The molecule has 3 aliphatic rings. The van der Waals surface area contributed by atoms with Gasteiger partial charge in [0.15, 0.2) is 0 Å². The van der Waals surface area contributed by atoms with Crippen LogP contribution in [0.3, 0.4) is 0 Å². The predicted octanol–water partition coefficient (Wildman–Crippen LogP) is 8.73. The number of allylic oxidation sites excluding steroid dienone is 6. The van der Waals surface area contributed by atoms with Crippen LogP contribution in [0.25, 0.3) is 0 Å². The molecule has 0 unspecified atom stereocenters. The first-order valence-corrected chi connectivity index (χ1v) is 21.8.